The lowest BCUT2D eigenvalue weighted by atomic mass is 9.77. The van der Waals surface area contributed by atoms with Crippen molar-refractivity contribution >= 4 is 45.3 Å². The second-order valence-electron chi connectivity index (χ2n) is 9.70. The fourth-order valence-corrected chi connectivity index (χ4v) is 4.53. The van der Waals surface area contributed by atoms with Gasteiger partial charge < -0.3 is 13.7 Å². The van der Waals surface area contributed by atoms with E-state index in [-0.39, 0.29) is 0 Å². The van der Waals surface area contributed by atoms with Crippen molar-refractivity contribution in [3.8, 4) is 11.1 Å². The van der Waals surface area contributed by atoms with Gasteiger partial charge in [0, 0.05) is 16.3 Å². The summed E-state index contributed by atoms with van der Waals surface area (Å²) in [4.78, 5) is 0. The normalized spacial score (nSPS) is 17.6. The molecule has 6 rings (SSSR count). The van der Waals surface area contributed by atoms with E-state index in [1.54, 1.807) is 0 Å². The van der Waals surface area contributed by atoms with Crippen molar-refractivity contribution in [1.82, 2.24) is 0 Å². The molecule has 1 saturated heterocycles. The van der Waals surface area contributed by atoms with Crippen molar-refractivity contribution in [2.75, 3.05) is 0 Å². The Labute approximate surface area is 188 Å². The van der Waals surface area contributed by atoms with Gasteiger partial charge in [0.1, 0.15) is 11.2 Å². The van der Waals surface area contributed by atoms with E-state index in [9.17, 15) is 0 Å². The van der Waals surface area contributed by atoms with Crippen LogP contribution in [0.5, 0.6) is 0 Å². The smallest absolute Gasteiger partial charge is 0.455 e. The zero-order valence-corrected chi connectivity index (χ0v) is 18.8. The van der Waals surface area contributed by atoms with Gasteiger partial charge >= 0.3 is 7.12 Å². The van der Waals surface area contributed by atoms with Crippen molar-refractivity contribution in [3.63, 3.8) is 0 Å². The molecule has 1 aliphatic rings. The van der Waals surface area contributed by atoms with Gasteiger partial charge in [-0.1, -0.05) is 66.7 Å². The number of benzene rings is 4. The summed E-state index contributed by atoms with van der Waals surface area (Å²) in [7, 11) is -0.433. The molecule has 1 fully saturated rings. The number of hydrogen-bond donors (Lipinski definition) is 0. The second-order valence-corrected chi connectivity index (χ2v) is 9.70. The van der Waals surface area contributed by atoms with Gasteiger partial charge in [-0.3, -0.25) is 0 Å². The Morgan fingerprint density at radius 3 is 1.97 bits per heavy atom. The lowest BCUT2D eigenvalue weighted by molar-refractivity contribution is 0.00578. The highest BCUT2D eigenvalue weighted by Crippen LogP contribution is 2.40. The average molecular weight is 420 g/mol. The minimum atomic E-state index is -0.433. The number of furan rings is 1. The first kappa shape index (κ1) is 19.6. The summed E-state index contributed by atoms with van der Waals surface area (Å²) in [6, 6.07) is 27.5. The van der Waals surface area contributed by atoms with Gasteiger partial charge in [-0.15, -0.1) is 0 Å². The van der Waals surface area contributed by atoms with Gasteiger partial charge in [-0.25, -0.2) is 0 Å². The zero-order chi connectivity index (χ0) is 22.1. The predicted molar refractivity (Wildman–Crippen MR) is 132 cm³/mol. The highest BCUT2D eigenvalue weighted by atomic mass is 16.7. The second kappa shape index (κ2) is 6.71. The molecule has 0 aliphatic carbocycles. The van der Waals surface area contributed by atoms with E-state index in [0.29, 0.717) is 0 Å². The summed E-state index contributed by atoms with van der Waals surface area (Å²) < 4.78 is 19.3. The van der Waals surface area contributed by atoms with E-state index in [2.05, 4.69) is 100 Å². The van der Waals surface area contributed by atoms with Crippen molar-refractivity contribution in [1.29, 1.82) is 0 Å². The Morgan fingerprint density at radius 1 is 0.656 bits per heavy atom. The standard InChI is InChI=1S/C28H25BO3/c1-27(2)28(3,4)32-29(31-27)21-16-22(18-10-6-5-7-11-18)26-24(17-21)23-14-19-12-8-9-13-20(19)15-25(23)30-26/h5-17H,1-4H3. The molecule has 0 amide bonds. The van der Waals surface area contributed by atoms with E-state index in [1.165, 1.54) is 10.8 Å². The Bertz CT molecular complexity index is 1460. The fourth-order valence-electron chi connectivity index (χ4n) is 4.53. The minimum absolute atomic E-state index is 0.395. The van der Waals surface area contributed by atoms with Crippen LogP contribution >= 0.6 is 0 Å². The summed E-state index contributed by atoms with van der Waals surface area (Å²) >= 11 is 0. The van der Waals surface area contributed by atoms with Crippen LogP contribution in [0, 0.1) is 0 Å². The molecule has 2 heterocycles. The first-order valence-corrected chi connectivity index (χ1v) is 11.1. The SMILES string of the molecule is CC1(C)OB(c2cc(-c3ccccc3)c3oc4cc5ccccc5cc4c3c2)OC1(C)C. The highest BCUT2D eigenvalue weighted by molar-refractivity contribution is 6.62. The first-order valence-electron chi connectivity index (χ1n) is 11.1. The van der Waals surface area contributed by atoms with Gasteiger partial charge in [-0.05, 0) is 61.6 Å². The van der Waals surface area contributed by atoms with Crippen LogP contribution in [0.25, 0.3) is 43.8 Å². The van der Waals surface area contributed by atoms with Crippen LogP contribution < -0.4 is 5.46 Å². The molecule has 5 aromatic rings. The van der Waals surface area contributed by atoms with Crippen molar-refractivity contribution in [3.05, 3.63) is 78.9 Å². The monoisotopic (exact) mass is 420 g/mol. The van der Waals surface area contributed by atoms with Crippen LogP contribution in [-0.4, -0.2) is 18.3 Å². The molecule has 0 N–H and O–H groups in total. The van der Waals surface area contributed by atoms with E-state index >= 15 is 0 Å². The molecule has 0 saturated carbocycles. The van der Waals surface area contributed by atoms with Gasteiger partial charge in [0.15, 0.2) is 0 Å². The topological polar surface area (TPSA) is 31.6 Å². The molecule has 0 radical (unpaired) electrons. The Kier molecular flexibility index (Phi) is 4.11. The van der Waals surface area contributed by atoms with Gasteiger partial charge in [-0.2, -0.15) is 0 Å². The Balaban J connectivity index is 1.64. The average Bonchev–Trinajstić information content (AvgIpc) is 3.24. The minimum Gasteiger partial charge on any atom is -0.455 e. The zero-order valence-electron chi connectivity index (χ0n) is 18.8. The maximum atomic E-state index is 6.46. The van der Waals surface area contributed by atoms with Crippen molar-refractivity contribution < 1.29 is 13.7 Å². The molecule has 0 bridgehead atoms. The lowest BCUT2D eigenvalue weighted by Crippen LogP contribution is -2.41. The van der Waals surface area contributed by atoms with E-state index in [1.807, 2.05) is 6.07 Å². The van der Waals surface area contributed by atoms with E-state index in [4.69, 9.17) is 13.7 Å². The number of fused-ring (bicyclic) bond motifs is 4. The van der Waals surface area contributed by atoms with Crippen molar-refractivity contribution in [2.45, 2.75) is 38.9 Å². The molecule has 4 aromatic carbocycles. The summed E-state index contributed by atoms with van der Waals surface area (Å²) in [5, 5.41) is 4.56. The van der Waals surface area contributed by atoms with Gasteiger partial charge in [0.05, 0.1) is 11.2 Å². The molecule has 4 heteroatoms. The third-order valence-corrected chi connectivity index (χ3v) is 7.07. The molecule has 0 unspecified atom stereocenters. The largest absolute Gasteiger partial charge is 0.494 e. The third-order valence-electron chi connectivity index (χ3n) is 7.07. The van der Waals surface area contributed by atoms with Gasteiger partial charge in [0.25, 0.3) is 0 Å². The summed E-state index contributed by atoms with van der Waals surface area (Å²) in [5.41, 5.74) is 4.16. The summed E-state index contributed by atoms with van der Waals surface area (Å²) in [6.07, 6.45) is 0. The Morgan fingerprint density at radius 2 is 1.28 bits per heavy atom. The molecular formula is C28H25BO3. The summed E-state index contributed by atoms with van der Waals surface area (Å²) in [5.74, 6) is 0. The number of rotatable bonds is 2. The van der Waals surface area contributed by atoms with E-state index in [0.717, 1.165) is 38.5 Å². The van der Waals surface area contributed by atoms with E-state index < -0.39 is 18.3 Å². The van der Waals surface area contributed by atoms with Crippen LogP contribution in [0.4, 0.5) is 0 Å². The van der Waals surface area contributed by atoms with Crippen molar-refractivity contribution in [2.24, 2.45) is 0 Å². The predicted octanol–water partition coefficient (Wildman–Crippen LogP) is 6.71. The molecule has 0 spiro atoms. The third kappa shape index (κ3) is 2.91. The maximum Gasteiger partial charge on any atom is 0.494 e. The molecule has 158 valence electrons. The Hall–Kier alpha value is -3.08. The molecule has 1 aliphatic heterocycles. The lowest BCUT2D eigenvalue weighted by Gasteiger charge is -2.32. The first-order chi connectivity index (χ1) is 15.3. The van der Waals surface area contributed by atoms with Crippen LogP contribution in [0.15, 0.2) is 83.3 Å². The van der Waals surface area contributed by atoms with Crippen LogP contribution in [0.3, 0.4) is 0 Å². The molecule has 1 aromatic heterocycles. The molecular weight excluding hydrogens is 395 g/mol. The highest BCUT2D eigenvalue weighted by Gasteiger charge is 2.51. The van der Waals surface area contributed by atoms with Gasteiger partial charge in [0.2, 0.25) is 0 Å². The maximum absolute atomic E-state index is 6.46. The summed E-state index contributed by atoms with van der Waals surface area (Å²) in [6.45, 7) is 8.35. The van der Waals surface area contributed by atoms with Crippen LogP contribution in [0.1, 0.15) is 27.7 Å². The molecule has 32 heavy (non-hydrogen) atoms. The fraction of sp³-hybridized carbons (Fsp3) is 0.214. The quantitative estimate of drug-likeness (QED) is 0.298. The molecule has 0 atom stereocenters. The molecule has 3 nitrogen and oxygen atoms in total. The van der Waals surface area contributed by atoms with Crippen LogP contribution in [0.2, 0.25) is 0 Å². The number of hydrogen-bond acceptors (Lipinski definition) is 3. The van der Waals surface area contributed by atoms with Crippen LogP contribution in [-0.2, 0) is 9.31 Å².